The highest BCUT2D eigenvalue weighted by Gasteiger charge is 2.05. The molecule has 0 aromatic carbocycles. The highest BCUT2D eigenvalue weighted by Crippen LogP contribution is 2.14. The van der Waals surface area contributed by atoms with Crippen LogP contribution < -0.4 is 0 Å². The molecule has 0 aliphatic carbocycles. The molecule has 0 amide bonds. The zero-order valence-electron chi connectivity index (χ0n) is 7.57. The van der Waals surface area contributed by atoms with Crippen LogP contribution in [0.4, 0.5) is 0 Å². The summed E-state index contributed by atoms with van der Waals surface area (Å²) in [5.74, 6) is -0.865. The molecule has 1 aromatic rings. The van der Waals surface area contributed by atoms with Crippen LogP contribution in [-0.4, -0.2) is 16.1 Å². The van der Waals surface area contributed by atoms with Crippen molar-refractivity contribution in [3.05, 3.63) is 21.7 Å². The Hall–Kier alpha value is -1.16. The van der Waals surface area contributed by atoms with Crippen LogP contribution in [0.3, 0.4) is 0 Å². The second kappa shape index (κ2) is 4.18. The summed E-state index contributed by atoms with van der Waals surface area (Å²) in [4.78, 5) is 14.8. The first-order valence-electron chi connectivity index (χ1n) is 3.99. The largest absolute Gasteiger partial charge is 0.478 e. The van der Waals surface area contributed by atoms with Gasteiger partial charge < -0.3 is 5.11 Å². The standard InChI is InChI=1S/C9H11NO2S/c1-3-7(9(11)12)4-8-10-6(2)5-13-8/h4-5H,3H2,1-2H3,(H,11,12)/b7-4+. The summed E-state index contributed by atoms with van der Waals surface area (Å²) in [6.45, 7) is 3.71. The van der Waals surface area contributed by atoms with Crippen LogP contribution in [0.1, 0.15) is 24.0 Å². The Balaban J connectivity index is 2.91. The molecule has 0 fully saturated rings. The van der Waals surface area contributed by atoms with Crippen molar-refractivity contribution in [2.45, 2.75) is 20.3 Å². The Morgan fingerprint density at radius 1 is 1.77 bits per heavy atom. The fraction of sp³-hybridized carbons (Fsp3) is 0.333. The van der Waals surface area contributed by atoms with E-state index in [4.69, 9.17) is 5.11 Å². The van der Waals surface area contributed by atoms with Gasteiger partial charge in [-0.2, -0.15) is 0 Å². The van der Waals surface area contributed by atoms with E-state index in [1.165, 1.54) is 11.3 Å². The lowest BCUT2D eigenvalue weighted by Gasteiger charge is -1.94. The molecule has 1 heterocycles. The SMILES string of the molecule is CC/C(=C\c1nc(C)cs1)C(=O)O. The molecule has 13 heavy (non-hydrogen) atoms. The first kappa shape index (κ1) is 9.92. The number of nitrogens with zero attached hydrogens (tertiary/aromatic N) is 1. The third-order valence-electron chi connectivity index (χ3n) is 1.59. The van der Waals surface area contributed by atoms with E-state index in [2.05, 4.69) is 4.98 Å². The van der Waals surface area contributed by atoms with Crippen molar-refractivity contribution < 1.29 is 9.90 Å². The minimum Gasteiger partial charge on any atom is -0.478 e. The maximum atomic E-state index is 10.7. The van der Waals surface area contributed by atoms with E-state index < -0.39 is 5.97 Å². The predicted molar refractivity (Wildman–Crippen MR) is 52.8 cm³/mol. The normalized spacial score (nSPS) is 11.7. The molecule has 0 atom stereocenters. The van der Waals surface area contributed by atoms with E-state index in [-0.39, 0.29) is 0 Å². The Bertz CT molecular complexity index is 341. The van der Waals surface area contributed by atoms with Crippen LogP contribution in [0.15, 0.2) is 11.0 Å². The smallest absolute Gasteiger partial charge is 0.331 e. The number of thiazole rings is 1. The molecule has 1 rings (SSSR count). The number of carboxylic acids is 1. The van der Waals surface area contributed by atoms with Gasteiger partial charge in [0.15, 0.2) is 0 Å². The zero-order valence-corrected chi connectivity index (χ0v) is 8.39. The zero-order chi connectivity index (χ0) is 9.84. The van der Waals surface area contributed by atoms with Gasteiger partial charge in [0, 0.05) is 16.6 Å². The van der Waals surface area contributed by atoms with Crippen molar-refractivity contribution in [1.82, 2.24) is 4.98 Å². The Labute approximate surface area is 80.7 Å². The van der Waals surface area contributed by atoms with Crippen molar-refractivity contribution in [2.24, 2.45) is 0 Å². The number of rotatable bonds is 3. The van der Waals surface area contributed by atoms with E-state index in [9.17, 15) is 4.79 Å². The fourth-order valence-corrected chi connectivity index (χ4v) is 1.65. The van der Waals surface area contributed by atoms with Crippen molar-refractivity contribution in [1.29, 1.82) is 0 Å². The minimum atomic E-state index is -0.865. The molecule has 0 spiro atoms. The molecule has 4 heteroatoms. The Morgan fingerprint density at radius 3 is 2.85 bits per heavy atom. The summed E-state index contributed by atoms with van der Waals surface area (Å²) in [6.07, 6.45) is 2.15. The van der Waals surface area contributed by atoms with E-state index in [1.807, 2.05) is 19.2 Å². The second-order valence-electron chi connectivity index (χ2n) is 2.66. The number of carboxylic acid groups (broad SMARTS) is 1. The minimum absolute atomic E-state index is 0.398. The lowest BCUT2D eigenvalue weighted by molar-refractivity contribution is -0.132. The number of hydrogen-bond donors (Lipinski definition) is 1. The topological polar surface area (TPSA) is 50.2 Å². The molecule has 0 aliphatic heterocycles. The van der Waals surface area contributed by atoms with Crippen molar-refractivity contribution >= 4 is 23.4 Å². The van der Waals surface area contributed by atoms with Gasteiger partial charge in [0.1, 0.15) is 5.01 Å². The summed E-state index contributed by atoms with van der Waals surface area (Å²) >= 11 is 1.46. The van der Waals surface area contributed by atoms with E-state index in [1.54, 1.807) is 6.08 Å². The molecule has 1 aromatic heterocycles. The van der Waals surface area contributed by atoms with Crippen molar-refractivity contribution in [2.75, 3.05) is 0 Å². The van der Waals surface area contributed by atoms with E-state index in [0.29, 0.717) is 12.0 Å². The summed E-state index contributed by atoms with van der Waals surface area (Å²) in [7, 11) is 0. The first-order valence-corrected chi connectivity index (χ1v) is 4.87. The van der Waals surface area contributed by atoms with Crippen LogP contribution in [0.5, 0.6) is 0 Å². The van der Waals surface area contributed by atoms with Gasteiger partial charge in [-0.3, -0.25) is 0 Å². The molecule has 0 unspecified atom stereocenters. The van der Waals surface area contributed by atoms with Crippen molar-refractivity contribution in [3.8, 4) is 0 Å². The van der Waals surface area contributed by atoms with Gasteiger partial charge in [0.25, 0.3) is 0 Å². The van der Waals surface area contributed by atoms with Gasteiger partial charge in [-0.05, 0) is 19.4 Å². The maximum absolute atomic E-state index is 10.7. The number of carbonyl (C=O) groups is 1. The molecule has 1 N–H and O–H groups in total. The summed E-state index contributed by atoms with van der Waals surface area (Å²) < 4.78 is 0. The van der Waals surface area contributed by atoms with E-state index in [0.717, 1.165) is 10.7 Å². The average Bonchev–Trinajstić information content (AvgIpc) is 2.46. The third-order valence-corrected chi connectivity index (χ3v) is 2.50. The highest BCUT2D eigenvalue weighted by atomic mass is 32.1. The predicted octanol–water partition coefficient (Wildman–Crippen LogP) is 2.33. The number of aryl methyl sites for hydroxylation is 1. The molecule has 0 saturated heterocycles. The summed E-state index contributed by atoms with van der Waals surface area (Å²) in [6, 6.07) is 0. The lowest BCUT2D eigenvalue weighted by atomic mass is 10.2. The van der Waals surface area contributed by atoms with Gasteiger partial charge in [-0.1, -0.05) is 6.92 Å². The van der Waals surface area contributed by atoms with Crippen LogP contribution >= 0.6 is 11.3 Å². The van der Waals surface area contributed by atoms with Crippen LogP contribution in [0.2, 0.25) is 0 Å². The molecule has 0 bridgehead atoms. The lowest BCUT2D eigenvalue weighted by Crippen LogP contribution is -1.98. The molecule has 70 valence electrons. The van der Waals surface area contributed by atoms with Crippen LogP contribution in [0, 0.1) is 6.92 Å². The quantitative estimate of drug-likeness (QED) is 0.756. The maximum Gasteiger partial charge on any atom is 0.331 e. The van der Waals surface area contributed by atoms with Gasteiger partial charge >= 0.3 is 5.97 Å². The van der Waals surface area contributed by atoms with Crippen molar-refractivity contribution in [3.63, 3.8) is 0 Å². The second-order valence-corrected chi connectivity index (χ2v) is 3.55. The van der Waals surface area contributed by atoms with Gasteiger partial charge in [-0.25, -0.2) is 9.78 Å². The number of hydrogen-bond acceptors (Lipinski definition) is 3. The monoisotopic (exact) mass is 197 g/mol. The van der Waals surface area contributed by atoms with Gasteiger partial charge in [0.2, 0.25) is 0 Å². The molecule has 3 nitrogen and oxygen atoms in total. The van der Waals surface area contributed by atoms with Gasteiger partial charge in [0.05, 0.1) is 0 Å². The molecule has 0 saturated carbocycles. The Morgan fingerprint density at radius 2 is 2.46 bits per heavy atom. The summed E-state index contributed by atoms with van der Waals surface area (Å²) in [5, 5.41) is 11.4. The average molecular weight is 197 g/mol. The van der Waals surface area contributed by atoms with Gasteiger partial charge in [-0.15, -0.1) is 11.3 Å². The first-order chi connectivity index (χ1) is 6.13. The number of aromatic nitrogens is 1. The number of aliphatic carboxylic acids is 1. The molecule has 0 radical (unpaired) electrons. The highest BCUT2D eigenvalue weighted by molar-refractivity contribution is 7.10. The molecule has 0 aliphatic rings. The Kier molecular flexibility index (Phi) is 3.19. The third kappa shape index (κ3) is 2.66. The molecular weight excluding hydrogens is 186 g/mol. The van der Waals surface area contributed by atoms with Crippen LogP contribution in [-0.2, 0) is 4.79 Å². The summed E-state index contributed by atoms with van der Waals surface area (Å²) in [5.41, 5.74) is 1.33. The fourth-order valence-electron chi connectivity index (χ4n) is 0.903. The molecular formula is C9H11NO2S. The van der Waals surface area contributed by atoms with E-state index >= 15 is 0 Å². The van der Waals surface area contributed by atoms with Crippen LogP contribution in [0.25, 0.3) is 6.08 Å².